The number of rotatable bonds is 4. The van der Waals surface area contributed by atoms with Crippen LogP contribution in [-0.4, -0.2) is 12.2 Å². The van der Waals surface area contributed by atoms with Gasteiger partial charge in [-0.15, -0.1) is 0 Å². The highest BCUT2D eigenvalue weighted by Gasteiger charge is 2.31. The zero-order valence-corrected chi connectivity index (χ0v) is 10.6. The second-order valence-corrected chi connectivity index (χ2v) is 5.12. The van der Waals surface area contributed by atoms with Crippen molar-refractivity contribution in [3.63, 3.8) is 0 Å². The molecule has 0 aromatic heterocycles. The van der Waals surface area contributed by atoms with E-state index in [1.165, 1.54) is 12.0 Å². The average molecular weight is 235 g/mol. The molecule has 17 heavy (non-hydrogen) atoms. The third kappa shape index (κ3) is 3.45. The largest absolute Gasteiger partial charge is 0.382 e. The highest BCUT2D eigenvalue weighted by Crippen LogP contribution is 2.31. The highest BCUT2D eigenvalue weighted by molar-refractivity contribution is 5.44. The molecule has 0 amide bonds. The van der Waals surface area contributed by atoms with Crippen molar-refractivity contribution in [2.75, 3.05) is 11.9 Å². The van der Waals surface area contributed by atoms with Gasteiger partial charge in [0.15, 0.2) is 0 Å². The zero-order chi connectivity index (χ0) is 12.1. The van der Waals surface area contributed by atoms with E-state index in [2.05, 4.69) is 24.4 Å². The molecule has 2 rings (SSSR count). The van der Waals surface area contributed by atoms with E-state index in [0.717, 1.165) is 24.9 Å². The van der Waals surface area contributed by atoms with Crippen LogP contribution >= 0.6 is 0 Å². The lowest BCUT2D eigenvalue weighted by Crippen LogP contribution is -2.34. The normalized spacial score (nSPS) is 18.9. The summed E-state index contributed by atoms with van der Waals surface area (Å²) in [4.78, 5) is 0. The van der Waals surface area contributed by atoms with Crippen LogP contribution in [0.25, 0.3) is 0 Å². The molecule has 0 saturated heterocycles. The molecule has 0 heterocycles. The minimum Gasteiger partial charge on any atom is -0.382 e. The molecule has 0 aliphatic heterocycles. The molecule has 1 aromatic carbocycles. The summed E-state index contributed by atoms with van der Waals surface area (Å²) in [7, 11) is 0. The number of alkyl halides is 1. The minimum atomic E-state index is -0.984. The quantitative estimate of drug-likeness (QED) is 0.819. The number of anilines is 1. The second kappa shape index (κ2) is 5.52. The van der Waals surface area contributed by atoms with Crippen LogP contribution in [0.1, 0.15) is 44.6 Å². The molecule has 94 valence electrons. The minimum absolute atomic E-state index is 0.457. The van der Waals surface area contributed by atoms with Gasteiger partial charge in [-0.1, -0.05) is 38.3 Å². The maximum absolute atomic E-state index is 14.3. The first-order chi connectivity index (χ1) is 8.22. The molecule has 0 spiro atoms. The van der Waals surface area contributed by atoms with E-state index in [4.69, 9.17) is 0 Å². The standard InChI is InChI=1S/C15H22FN/c1-2-13-6-8-14(9-7-13)17-12-15(16)10-4-3-5-11-15/h6-9,17H,2-5,10-12H2,1H3. The summed E-state index contributed by atoms with van der Waals surface area (Å²) in [6.45, 7) is 2.60. The fourth-order valence-electron chi connectivity index (χ4n) is 2.48. The third-order valence-electron chi connectivity index (χ3n) is 3.72. The molecular weight excluding hydrogens is 213 g/mol. The van der Waals surface area contributed by atoms with Crippen LogP contribution in [0.5, 0.6) is 0 Å². The molecule has 1 saturated carbocycles. The molecule has 1 aliphatic carbocycles. The van der Waals surface area contributed by atoms with Crippen LogP contribution in [0.3, 0.4) is 0 Å². The lowest BCUT2D eigenvalue weighted by Gasteiger charge is -2.29. The van der Waals surface area contributed by atoms with E-state index in [1.807, 2.05) is 12.1 Å². The summed E-state index contributed by atoms with van der Waals surface area (Å²) in [5.74, 6) is 0. The van der Waals surface area contributed by atoms with Crippen molar-refractivity contribution in [2.24, 2.45) is 0 Å². The highest BCUT2D eigenvalue weighted by atomic mass is 19.1. The predicted molar refractivity (Wildman–Crippen MR) is 71.2 cm³/mol. The number of hydrogen-bond donors (Lipinski definition) is 1. The van der Waals surface area contributed by atoms with E-state index < -0.39 is 5.67 Å². The molecule has 0 bridgehead atoms. The van der Waals surface area contributed by atoms with Crippen LogP contribution in [0.2, 0.25) is 0 Å². The van der Waals surface area contributed by atoms with Gasteiger partial charge in [0.1, 0.15) is 5.67 Å². The maximum atomic E-state index is 14.3. The number of benzene rings is 1. The Morgan fingerprint density at radius 1 is 1.12 bits per heavy atom. The predicted octanol–water partition coefficient (Wildman–Crippen LogP) is 4.33. The van der Waals surface area contributed by atoms with Crippen LogP contribution in [0.15, 0.2) is 24.3 Å². The summed E-state index contributed by atoms with van der Waals surface area (Å²) in [5.41, 5.74) is 1.37. The van der Waals surface area contributed by atoms with Crippen LogP contribution in [-0.2, 0) is 6.42 Å². The van der Waals surface area contributed by atoms with Gasteiger partial charge < -0.3 is 5.32 Å². The van der Waals surface area contributed by atoms with Gasteiger partial charge in [-0.25, -0.2) is 4.39 Å². The van der Waals surface area contributed by atoms with Gasteiger partial charge >= 0.3 is 0 Å². The van der Waals surface area contributed by atoms with Crippen molar-refractivity contribution in [1.29, 1.82) is 0 Å². The molecule has 1 fully saturated rings. The molecule has 1 aliphatic rings. The summed E-state index contributed by atoms with van der Waals surface area (Å²) in [6, 6.07) is 8.30. The lowest BCUT2D eigenvalue weighted by molar-refractivity contribution is 0.122. The Bertz CT molecular complexity index is 338. The number of hydrogen-bond acceptors (Lipinski definition) is 1. The summed E-state index contributed by atoms with van der Waals surface area (Å²) in [5, 5.41) is 3.23. The van der Waals surface area contributed by atoms with Gasteiger partial charge in [0.05, 0.1) is 0 Å². The van der Waals surface area contributed by atoms with E-state index in [0.29, 0.717) is 19.4 Å². The van der Waals surface area contributed by atoms with Crippen molar-refractivity contribution in [2.45, 2.75) is 51.1 Å². The lowest BCUT2D eigenvalue weighted by atomic mass is 9.86. The molecule has 0 radical (unpaired) electrons. The van der Waals surface area contributed by atoms with E-state index >= 15 is 0 Å². The molecule has 0 unspecified atom stereocenters. The van der Waals surface area contributed by atoms with Gasteiger partial charge in [0.2, 0.25) is 0 Å². The van der Waals surface area contributed by atoms with E-state index in [9.17, 15) is 4.39 Å². The fourth-order valence-corrected chi connectivity index (χ4v) is 2.48. The fraction of sp³-hybridized carbons (Fsp3) is 0.600. The van der Waals surface area contributed by atoms with Crippen LogP contribution < -0.4 is 5.32 Å². The zero-order valence-electron chi connectivity index (χ0n) is 10.6. The first-order valence-electron chi connectivity index (χ1n) is 6.74. The number of aryl methyl sites for hydroxylation is 1. The van der Waals surface area contributed by atoms with Crippen molar-refractivity contribution < 1.29 is 4.39 Å². The van der Waals surface area contributed by atoms with E-state index in [1.54, 1.807) is 0 Å². The maximum Gasteiger partial charge on any atom is 0.128 e. The van der Waals surface area contributed by atoms with Gasteiger partial charge in [0.25, 0.3) is 0 Å². The first kappa shape index (κ1) is 12.4. The smallest absolute Gasteiger partial charge is 0.128 e. The van der Waals surface area contributed by atoms with Gasteiger partial charge in [-0.2, -0.15) is 0 Å². The molecule has 1 N–H and O–H groups in total. The molecular formula is C15H22FN. The van der Waals surface area contributed by atoms with E-state index in [-0.39, 0.29) is 0 Å². The van der Waals surface area contributed by atoms with Gasteiger partial charge in [-0.05, 0) is 37.0 Å². The molecule has 1 nitrogen and oxygen atoms in total. The Morgan fingerprint density at radius 2 is 1.76 bits per heavy atom. The van der Waals surface area contributed by atoms with Crippen molar-refractivity contribution in [3.05, 3.63) is 29.8 Å². The molecule has 1 aromatic rings. The summed E-state index contributed by atoms with van der Waals surface area (Å²) >= 11 is 0. The van der Waals surface area contributed by atoms with Crippen molar-refractivity contribution in [3.8, 4) is 0 Å². The topological polar surface area (TPSA) is 12.0 Å². The van der Waals surface area contributed by atoms with Crippen molar-refractivity contribution in [1.82, 2.24) is 0 Å². The SMILES string of the molecule is CCc1ccc(NCC2(F)CCCCC2)cc1. The average Bonchev–Trinajstić information content (AvgIpc) is 2.38. The third-order valence-corrected chi connectivity index (χ3v) is 3.72. The first-order valence-corrected chi connectivity index (χ1v) is 6.74. The summed E-state index contributed by atoms with van der Waals surface area (Å²) < 4.78 is 14.3. The van der Waals surface area contributed by atoms with Gasteiger partial charge in [-0.3, -0.25) is 0 Å². The van der Waals surface area contributed by atoms with Crippen LogP contribution in [0.4, 0.5) is 10.1 Å². The Kier molecular flexibility index (Phi) is 4.03. The Balaban J connectivity index is 1.87. The monoisotopic (exact) mass is 235 g/mol. The second-order valence-electron chi connectivity index (χ2n) is 5.12. The number of halogens is 1. The summed E-state index contributed by atoms with van der Waals surface area (Å²) in [6.07, 6.45) is 5.74. The molecule has 0 atom stereocenters. The van der Waals surface area contributed by atoms with Crippen molar-refractivity contribution >= 4 is 5.69 Å². The van der Waals surface area contributed by atoms with Crippen LogP contribution in [0, 0.1) is 0 Å². The number of nitrogens with one attached hydrogen (secondary N) is 1. The molecule has 2 heteroatoms. The Hall–Kier alpha value is -1.05. The Labute approximate surface area is 103 Å². The van der Waals surface area contributed by atoms with Gasteiger partial charge in [0, 0.05) is 12.2 Å². The Morgan fingerprint density at radius 3 is 2.35 bits per heavy atom.